The number of nitrogens with zero attached hydrogens (tertiary/aromatic N) is 2. The number of benzene rings is 1. The quantitative estimate of drug-likeness (QED) is 0.871. The molecule has 2 heterocycles. The van der Waals surface area contributed by atoms with Crippen LogP contribution in [0.2, 0.25) is 5.02 Å². The van der Waals surface area contributed by atoms with Crippen molar-refractivity contribution in [2.45, 2.75) is 32.2 Å². The van der Waals surface area contributed by atoms with Crippen molar-refractivity contribution in [3.8, 4) is 0 Å². The second-order valence-electron chi connectivity index (χ2n) is 6.06. The highest BCUT2D eigenvalue weighted by Gasteiger charge is 2.34. The van der Waals surface area contributed by atoms with Crippen molar-refractivity contribution in [1.29, 1.82) is 0 Å². The molecule has 5 nitrogen and oxygen atoms in total. The summed E-state index contributed by atoms with van der Waals surface area (Å²) in [6.45, 7) is 3.10. The van der Waals surface area contributed by atoms with Crippen molar-refractivity contribution < 1.29 is 9.59 Å². The number of likely N-dealkylation sites (tertiary alicyclic amines) is 1. The molecule has 1 aromatic heterocycles. The summed E-state index contributed by atoms with van der Waals surface area (Å²) >= 11 is 7.48. The second-order valence-corrected chi connectivity index (χ2v) is 7.56. The van der Waals surface area contributed by atoms with E-state index < -0.39 is 6.04 Å². The van der Waals surface area contributed by atoms with Crippen LogP contribution < -0.4 is 5.32 Å². The summed E-state index contributed by atoms with van der Waals surface area (Å²) < 4.78 is 0. The monoisotopic (exact) mass is 377 g/mol. The third-order valence-electron chi connectivity index (χ3n) is 4.25. The number of nitrogens with one attached hydrogen (secondary N) is 1. The molecule has 0 radical (unpaired) electrons. The second kappa shape index (κ2) is 7.97. The highest BCUT2D eigenvalue weighted by molar-refractivity contribution is 7.09. The maximum atomic E-state index is 12.7. The van der Waals surface area contributed by atoms with Crippen molar-refractivity contribution in [3.05, 3.63) is 50.9 Å². The Balaban J connectivity index is 1.57. The normalized spacial score (nSPS) is 16.9. The van der Waals surface area contributed by atoms with E-state index in [4.69, 9.17) is 11.6 Å². The molecule has 1 fully saturated rings. The SMILES string of the molecule is Cc1nc(CCNC(=O)C2CCCN2C(=O)c2ccc(Cl)cc2)cs1. The van der Waals surface area contributed by atoms with E-state index in [1.165, 1.54) is 0 Å². The van der Waals surface area contributed by atoms with E-state index in [1.54, 1.807) is 40.5 Å². The Labute approximate surface area is 156 Å². The Hall–Kier alpha value is -1.92. The topological polar surface area (TPSA) is 62.3 Å². The fourth-order valence-electron chi connectivity index (χ4n) is 3.00. The summed E-state index contributed by atoms with van der Waals surface area (Å²) in [5.74, 6) is -0.212. The van der Waals surface area contributed by atoms with Crippen LogP contribution in [0.5, 0.6) is 0 Å². The van der Waals surface area contributed by atoms with Crippen LogP contribution in [-0.2, 0) is 11.2 Å². The van der Waals surface area contributed by atoms with Crippen molar-refractivity contribution in [2.75, 3.05) is 13.1 Å². The summed E-state index contributed by atoms with van der Waals surface area (Å²) in [5.41, 5.74) is 1.55. The molecule has 1 N–H and O–H groups in total. The number of carbonyl (C=O) groups excluding carboxylic acids is 2. The van der Waals surface area contributed by atoms with Crippen LogP contribution in [0.15, 0.2) is 29.6 Å². The maximum absolute atomic E-state index is 12.7. The molecule has 1 aromatic carbocycles. The number of aryl methyl sites for hydroxylation is 1. The van der Waals surface area contributed by atoms with Crippen molar-refractivity contribution in [2.24, 2.45) is 0 Å². The third-order valence-corrected chi connectivity index (χ3v) is 5.33. The maximum Gasteiger partial charge on any atom is 0.254 e. The Morgan fingerprint density at radius 1 is 1.36 bits per heavy atom. The predicted octanol–water partition coefficient (Wildman–Crippen LogP) is 3.07. The van der Waals surface area contributed by atoms with E-state index in [9.17, 15) is 9.59 Å². The zero-order valence-electron chi connectivity index (χ0n) is 14.0. The van der Waals surface area contributed by atoms with E-state index in [0.717, 1.165) is 17.1 Å². The minimum Gasteiger partial charge on any atom is -0.354 e. The van der Waals surface area contributed by atoms with Gasteiger partial charge in [-0.2, -0.15) is 0 Å². The first-order valence-electron chi connectivity index (χ1n) is 8.30. The largest absolute Gasteiger partial charge is 0.354 e. The van der Waals surface area contributed by atoms with Gasteiger partial charge in [-0.15, -0.1) is 11.3 Å². The zero-order valence-corrected chi connectivity index (χ0v) is 15.6. The van der Waals surface area contributed by atoms with Crippen LogP contribution in [0.25, 0.3) is 0 Å². The van der Waals surface area contributed by atoms with Gasteiger partial charge in [0.2, 0.25) is 5.91 Å². The van der Waals surface area contributed by atoms with Crippen LogP contribution in [0.4, 0.5) is 0 Å². The number of thiazole rings is 1. The number of aromatic nitrogens is 1. The molecule has 1 saturated heterocycles. The number of hydrogen-bond donors (Lipinski definition) is 1. The summed E-state index contributed by atoms with van der Waals surface area (Å²) in [6, 6.07) is 6.37. The molecule has 0 spiro atoms. The van der Waals surface area contributed by atoms with E-state index in [2.05, 4.69) is 10.3 Å². The van der Waals surface area contributed by atoms with Crippen LogP contribution in [0.3, 0.4) is 0 Å². The van der Waals surface area contributed by atoms with Gasteiger partial charge in [0.15, 0.2) is 0 Å². The van der Waals surface area contributed by atoms with Gasteiger partial charge in [-0.25, -0.2) is 4.98 Å². The van der Waals surface area contributed by atoms with E-state index in [1.807, 2.05) is 12.3 Å². The predicted molar refractivity (Wildman–Crippen MR) is 99.1 cm³/mol. The summed E-state index contributed by atoms with van der Waals surface area (Å²) in [7, 11) is 0. The molecule has 3 rings (SSSR count). The minimum atomic E-state index is -0.402. The molecule has 1 atom stereocenters. The average molecular weight is 378 g/mol. The Bertz CT molecular complexity index is 760. The molecule has 7 heteroatoms. The van der Waals surface area contributed by atoms with Gasteiger partial charge in [0.1, 0.15) is 6.04 Å². The van der Waals surface area contributed by atoms with Gasteiger partial charge >= 0.3 is 0 Å². The molecule has 132 valence electrons. The first kappa shape index (κ1) is 17.9. The fraction of sp³-hybridized carbons (Fsp3) is 0.389. The standard InChI is InChI=1S/C18H20ClN3O2S/c1-12-21-15(11-25-12)8-9-20-17(23)16-3-2-10-22(16)18(24)13-4-6-14(19)7-5-13/h4-7,11,16H,2-3,8-10H2,1H3,(H,20,23). The van der Waals surface area contributed by atoms with Gasteiger partial charge in [0.25, 0.3) is 5.91 Å². The number of amides is 2. The minimum absolute atomic E-state index is 0.0910. The van der Waals surface area contributed by atoms with Gasteiger partial charge in [0, 0.05) is 35.5 Å². The first-order chi connectivity index (χ1) is 12.0. The molecular weight excluding hydrogens is 358 g/mol. The Morgan fingerprint density at radius 2 is 2.12 bits per heavy atom. The van der Waals surface area contributed by atoms with Gasteiger partial charge in [0.05, 0.1) is 10.7 Å². The fourth-order valence-corrected chi connectivity index (χ4v) is 3.77. The van der Waals surface area contributed by atoms with Gasteiger partial charge in [-0.3, -0.25) is 9.59 Å². The molecular formula is C18H20ClN3O2S. The van der Waals surface area contributed by atoms with Crippen molar-refractivity contribution >= 4 is 34.8 Å². The van der Waals surface area contributed by atoms with E-state index >= 15 is 0 Å². The van der Waals surface area contributed by atoms with Gasteiger partial charge in [-0.1, -0.05) is 11.6 Å². The molecule has 0 bridgehead atoms. The number of halogens is 1. The summed E-state index contributed by atoms with van der Waals surface area (Å²) in [4.78, 5) is 31.2. The summed E-state index contributed by atoms with van der Waals surface area (Å²) in [6.07, 6.45) is 2.23. The highest BCUT2D eigenvalue weighted by atomic mass is 35.5. The molecule has 0 saturated carbocycles. The number of carbonyl (C=O) groups is 2. The summed E-state index contributed by atoms with van der Waals surface area (Å²) in [5, 5.41) is 6.56. The van der Waals surface area contributed by atoms with Gasteiger partial charge in [-0.05, 0) is 44.0 Å². The third kappa shape index (κ3) is 4.38. The smallest absolute Gasteiger partial charge is 0.254 e. The van der Waals surface area contributed by atoms with Crippen LogP contribution >= 0.6 is 22.9 Å². The highest BCUT2D eigenvalue weighted by Crippen LogP contribution is 2.21. The van der Waals surface area contributed by atoms with Crippen LogP contribution in [0, 0.1) is 6.92 Å². The molecule has 0 aliphatic carbocycles. The molecule has 2 aromatic rings. The van der Waals surface area contributed by atoms with Crippen molar-refractivity contribution in [1.82, 2.24) is 15.2 Å². The first-order valence-corrected chi connectivity index (χ1v) is 9.55. The number of rotatable bonds is 5. The zero-order chi connectivity index (χ0) is 17.8. The number of hydrogen-bond acceptors (Lipinski definition) is 4. The van der Waals surface area contributed by atoms with Crippen molar-refractivity contribution in [3.63, 3.8) is 0 Å². The van der Waals surface area contributed by atoms with Gasteiger partial charge < -0.3 is 10.2 Å². The molecule has 1 aliphatic heterocycles. The lowest BCUT2D eigenvalue weighted by Gasteiger charge is -2.24. The van der Waals surface area contributed by atoms with Crippen LogP contribution in [-0.4, -0.2) is 40.8 Å². The lowest BCUT2D eigenvalue weighted by molar-refractivity contribution is -0.124. The van der Waals surface area contributed by atoms with Crippen LogP contribution in [0.1, 0.15) is 33.9 Å². The van der Waals surface area contributed by atoms with E-state index in [0.29, 0.717) is 36.5 Å². The molecule has 2 amide bonds. The Kier molecular flexibility index (Phi) is 5.71. The average Bonchev–Trinajstić information content (AvgIpc) is 3.24. The molecule has 1 unspecified atom stereocenters. The molecule has 25 heavy (non-hydrogen) atoms. The molecule has 1 aliphatic rings. The lowest BCUT2D eigenvalue weighted by atomic mass is 10.1. The lowest BCUT2D eigenvalue weighted by Crippen LogP contribution is -2.46. The Morgan fingerprint density at radius 3 is 2.80 bits per heavy atom. The van der Waals surface area contributed by atoms with E-state index in [-0.39, 0.29) is 11.8 Å².